The van der Waals surface area contributed by atoms with Gasteiger partial charge in [0.2, 0.25) is 11.8 Å². The normalized spacial score (nSPS) is 18.2. The van der Waals surface area contributed by atoms with E-state index in [2.05, 4.69) is 10.6 Å². The molecule has 0 radical (unpaired) electrons. The van der Waals surface area contributed by atoms with Gasteiger partial charge in [-0.15, -0.1) is 0 Å². The topological polar surface area (TPSA) is 101 Å². The van der Waals surface area contributed by atoms with Crippen LogP contribution in [0.25, 0.3) is 0 Å². The van der Waals surface area contributed by atoms with Gasteiger partial charge in [-0.1, -0.05) is 11.6 Å². The minimum Gasteiger partial charge on any atom is -0.355 e. The van der Waals surface area contributed by atoms with Crippen LogP contribution in [0, 0.1) is 16.0 Å². The highest BCUT2D eigenvalue weighted by Gasteiger charge is 2.24. The maximum Gasteiger partial charge on any atom is 0.288 e. The second-order valence-electron chi connectivity index (χ2n) is 4.45. The van der Waals surface area contributed by atoms with Crippen LogP contribution in [0.3, 0.4) is 0 Å². The summed E-state index contributed by atoms with van der Waals surface area (Å²) >= 11 is 5.76. The number of carbonyl (C=O) groups excluding carboxylic acids is 2. The number of carbonyl (C=O) groups is 2. The second kappa shape index (κ2) is 5.87. The van der Waals surface area contributed by atoms with Crippen molar-refractivity contribution in [2.45, 2.75) is 12.8 Å². The van der Waals surface area contributed by atoms with Crippen molar-refractivity contribution in [3.63, 3.8) is 0 Å². The summed E-state index contributed by atoms with van der Waals surface area (Å²) in [7, 11) is 0. The Morgan fingerprint density at radius 2 is 2.25 bits per heavy atom. The van der Waals surface area contributed by atoms with Gasteiger partial charge in [-0.3, -0.25) is 19.7 Å². The van der Waals surface area contributed by atoms with E-state index >= 15 is 0 Å². The first-order valence-corrected chi connectivity index (χ1v) is 6.36. The fourth-order valence-corrected chi connectivity index (χ4v) is 2.18. The van der Waals surface area contributed by atoms with Crippen molar-refractivity contribution in [3.8, 4) is 0 Å². The number of hydrogen-bond acceptors (Lipinski definition) is 4. The van der Waals surface area contributed by atoms with E-state index in [1.54, 1.807) is 0 Å². The summed E-state index contributed by atoms with van der Waals surface area (Å²) in [4.78, 5) is 33.0. The molecular weight excluding hydrogens is 286 g/mol. The van der Waals surface area contributed by atoms with Crippen LogP contribution < -0.4 is 10.6 Å². The molecule has 0 saturated carbocycles. The van der Waals surface area contributed by atoms with E-state index in [1.165, 1.54) is 18.2 Å². The predicted molar refractivity (Wildman–Crippen MR) is 72.5 cm³/mol. The summed E-state index contributed by atoms with van der Waals surface area (Å²) in [5.74, 6) is -0.607. The Morgan fingerprint density at radius 1 is 1.50 bits per heavy atom. The molecule has 1 fully saturated rings. The lowest BCUT2D eigenvalue weighted by Crippen LogP contribution is -2.40. The standard InChI is InChI=1S/C12H12ClN3O4/c13-9-5-8(2-3-10(9)16(19)20)15-12(18)7-1-4-11(17)14-6-7/h2-3,5,7H,1,4,6H2,(H,14,17)(H,15,18). The first-order chi connectivity index (χ1) is 9.47. The van der Waals surface area contributed by atoms with Gasteiger partial charge in [0.1, 0.15) is 5.02 Å². The van der Waals surface area contributed by atoms with E-state index in [1.807, 2.05) is 0 Å². The summed E-state index contributed by atoms with van der Waals surface area (Å²) in [6.07, 6.45) is 0.803. The van der Waals surface area contributed by atoms with E-state index in [0.29, 0.717) is 25.1 Å². The summed E-state index contributed by atoms with van der Waals surface area (Å²) in [5, 5.41) is 15.8. The number of nitrogens with zero attached hydrogens (tertiary/aromatic N) is 1. The average molecular weight is 298 g/mol. The van der Waals surface area contributed by atoms with Crippen LogP contribution in [0.5, 0.6) is 0 Å². The Hall–Kier alpha value is -2.15. The molecule has 8 heteroatoms. The van der Waals surface area contributed by atoms with Crippen LogP contribution in [0.1, 0.15) is 12.8 Å². The molecular formula is C12H12ClN3O4. The Morgan fingerprint density at radius 3 is 2.80 bits per heavy atom. The zero-order valence-electron chi connectivity index (χ0n) is 10.4. The lowest BCUT2D eigenvalue weighted by Gasteiger charge is -2.21. The molecule has 1 aromatic rings. The SMILES string of the molecule is O=C1CCC(C(=O)Nc2ccc([N+](=O)[O-])c(Cl)c2)CN1. The molecule has 1 aliphatic rings. The summed E-state index contributed by atoms with van der Waals surface area (Å²) < 4.78 is 0. The predicted octanol–water partition coefficient (Wildman–Crippen LogP) is 1.71. The quantitative estimate of drug-likeness (QED) is 0.655. The van der Waals surface area contributed by atoms with Crippen LogP contribution in [0.4, 0.5) is 11.4 Å². The molecule has 1 atom stereocenters. The summed E-state index contributed by atoms with van der Waals surface area (Å²) in [5.41, 5.74) is 0.178. The Kier molecular flexibility index (Phi) is 4.19. The van der Waals surface area contributed by atoms with Gasteiger partial charge in [0.15, 0.2) is 0 Å². The number of benzene rings is 1. The molecule has 106 valence electrons. The van der Waals surface area contributed by atoms with Crippen molar-refractivity contribution < 1.29 is 14.5 Å². The lowest BCUT2D eigenvalue weighted by molar-refractivity contribution is -0.384. The van der Waals surface area contributed by atoms with Crippen molar-refractivity contribution in [1.82, 2.24) is 5.32 Å². The number of halogens is 1. The molecule has 1 unspecified atom stereocenters. The van der Waals surface area contributed by atoms with Crippen molar-refractivity contribution in [3.05, 3.63) is 33.3 Å². The zero-order valence-corrected chi connectivity index (χ0v) is 11.1. The lowest BCUT2D eigenvalue weighted by atomic mass is 9.98. The van der Waals surface area contributed by atoms with Gasteiger partial charge >= 0.3 is 0 Å². The van der Waals surface area contributed by atoms with Crippen molar-refractivity contribution in [2.24, 2.45) is 5.92 Å². The third-order valence-electron chi connectivity index (χ3n) is 3.05. The van der Waals surface area contributed by atoms with E-state index in [4.69, 9.17) is 11.6 Å². The average Bonchev–Trinajstić information content (AvgIpc) is 2.39. The van der Waals surface area contributed by atoms with E-state index in [9.17, 15) is 19.7 Å². The third kappa shape index (κ3) is 3.24. The molecule has 1 heterocycles. The van der Waals surface area contributed by atoms with Crippen LogP contribution in [0.15, 0.2) is 18.2 Å². The third-order valence-corrected chi connectivity index (χ3v) is 3.35. The number of hydrogen-bond donors (Lipinski definition) is 2. The highest BCUT2D eigenvalue weighted by molar-refractivity contribution is 6.33. The highest BCUT2D eigenvalue weighted by Crippen LogP contribution is 2.27. The monoisotopic (exact) mass is 297 g/mol. The van der Waals surface area contributed by atoms with Gasteiger partial charge in [-0.05, 0) is 18.6 Å². The smallest absolute Gasteiger partial charge is 0.288 e. The van der Waals surface area contributed by atoms with Gasteiger partial charge in [0.05, 0.1) is 10.8 Å². The Balaban J connectivity index is 2.03. The van der Waals surface area contributed by atoms with Crippen LogP contribution in [0.2, 0.25) is 5.02 Å². The summed E-state index contributed by atoms with van der Waals surface area (Å²) in [6.45, 7) is 0.297. The maximum atomic E-state index is 12.0. The van der Waals surface area contributed by atoms with Crippen LogP contribution >= 0.6 is 11.6 Å². The number of nitro groups is 1. The van der Waals surface area contributed by atoms with Crippen molar-refractivity contribution in [2.75, 3.05) is 11.9 Å². The number of rotatable bonds is 3. The van der Waals surface area contributed by atoms with Crippen LogP contribution in [-0.4, -0.2) is 23.3 Å². The first kappa shape index (κ1) is 14.3. The number of nitro benzene ring substituents is 1. The minimum atomic E-state index is -0.593. The zero-order chi connectivity index (χ0) is 14.7. The maximum absolute atomic E-state index is 12.0. The van der Waals surface area contributed by atoms with Crippen LogP contribution in [-0.2, 0) is 9.59 Å². The molecule has 0 aliphatic carbocycles. The van der Waals surface area contributed by atoms with E-state index < -0.39 is 4.92 Å². The summed E-state index contributed by atoms with van der Waals surface area (Å²) in [6, 6.07) is 3.99. The Labute approximate surface area is 119 Å². The molecule has 1 saturated heterocycles. The molecule has 1 aromatic carbocycles. The Bertz CT molecular complexity index is 566. The molecule has 0 aromatic heterocycles. The molecule has 0 spiro atoms. The molecule has 2 N–H and O–H groups in total. The number of piperidine rings is 1. The van der Waals surface area contributed by atoms with Gasteiger partial charge < -0.3 is 10.6 Å². The van der Waals surface area contributed by atoms with E-state index in [0.717, 1.165) is 0 Å². The number of nitrogens with one attached hydrogen (secondary N) is 2. The van der Waals surface area contributed by atoms with Crippen molar-refractivity contribution in [1.29, 1.82) is 0 Å². The molecule has 2 amide bonds. The van der Waals surface area contributed by atoms with Gasteiger partial charge in [-0.25, -0.2) is 0 Å². The fourth-order valence-electron chi connectivity index (χ4n) is 1.93. The van der Waals surface area contributed by atoms with E-state index in [-0.39, 0.29) is 28.4 Å². The first-order valence-electron chi connectivity index (χ1n) is 5.99. The number of anilines is 1. The molecule has 20 heavy (non-hydrogen) atoms. The molecule has 0 bridgehead atoms. The van der Waals surface area contributed by atoms with Gasteiger partial charge in [0, 0.05) is 24.7 Å². The number of amides is 2. The molecule has 2 rings (SSSR count). The largest absolute Gasteiger partial charge is 0.355 e. The van der Waals surface area contributed by atoms with Gasteiger partial charge in [-0.2, -0.15) is 0 Å². The molecule has 1 aliphatic heterocycles. The second-order valence-corrected chi connectivity index (χ2v) is 4.86. The molecule has 7 nitrogen and oxygen atoms in total. The fraction of sp³-hybridized carbons (Fsp3) is 0.333. The minimum absolute atomic E-state index is 0.0373. The van der Waals surface area contributed by atoms with Gasteiger partial charge in [0.25, 0.3) is 5.69 Å². The highest BCUT2D eigenvalue weighted by atomic mass is 35.5. The van der Waals surface area contributed by atoms with Crippen molar-refractivity contribution >= 4 is 34.8 Å².